The van der Waals surface area contributed by atoms with Crippen LogP contribution in [-0.2, 0) is 10.0 Å². The van der Waals surface area contributed by atoms with Crippen LogP contribution in [0.2, 0.25) is 10.3 Å². The second-order valence-electron chi connectivity index (χ2n) is 4.31. The normalized spacial score (nSPS) is 11.7. The summed E-state index contributed by atoms with van der Waals surface area (Å²) in [5, 5.41) is 0.251. The molecule has 0 saturated heterocycles. The number of thiophene rings is 1. The van der Waals surface area contributed by atoms with E-state index in [2.05, 4.69) is 9.71 Å². The minimum atomic E-state index is -3.69. The zero-order valence-electron chi connectivity index (χ0n) is 11.0. The molecule has 8 heteroatoms. The molecule has 4 nitrogen and oxygen atoms in total. The lowest BCUT2D eigenvalue weighted by atomic mass is 10.3. The molecule has 0 aliphatic carbocycles. The molecule has 0 bridgehead atoms. The number of sulfonamides is 1. The van der Waals surface area contributed by atoms with Crippen LogP contribution >= 0.6 is 34.5 Å². The van der Waals surface area contributed by atoms with Gasteiger partial charge in [-0.3, -0.25) is 4.72 Å². The maximum Gasteiger partial charge on any atom is 0.263 e. The van der Waals surface area contributed by atoms with Gasteiger partial charge in [-0.1, -0.05) is 23.2 Å². The van der Waals surface area contributed by atoms with Gasteiger partial charge < -0.3 is 0 Å². The summed E-state index contributed by atoms with van der Waals surface area (Å²) in [4.78, 5) is 5.76. The standard InChI is InChI=1S/C12H12Cl2N2O2S2/c1-6-4-10(13)15-12(14)11(6)16-20(17,18)9-5-7(2)19-8(9)3/h4-5,16H,1-3H3. The summed E-state index contributed by atoms with van der Waals surface area (Å²) in [5.74, 6) is 0. The van der Waals surface area contributed by atoms with E-state index in [1.807, 2.05) is 6.92 Å². The first-order chi connectivity index (χ1) is 9.20. The van der Waals surface area contributed by atoms with Crippen molar-refractivity contribution in [3.63, 3.8) is 0 Å². The van der Waals surface area contributed by atoms with E-state index in [4.69, 9.17) is 23.2 Å². The van der Waals surface area contributed by atoms with Crippen LogP contribution in [0.15, 0.2) is 17.0 Å². The van der Waals surface area contributed by atoms with Crippen LogP contribution in [0.25, 0.3) is 0 Å². The minimum absolute atomic E-state index is 0.0307. The Hall–Kier alpha value is -0.820. The number of aryl methyl sites for hydroxylation is 3. The summed E-state index contributed by atoms with van der Waals surface area (Å²) in [7, 11) is -3.69. The lowest BCUT2D eigenvalue weighted by molar-refractivity contribution is 0.601. The van der Waals surface area contributed by atoms with Crippen molar-refractivity contribution >= 4 is 50.2 Å². The van der Waals surface area contributed by atoms with Gasteiger partial charge in [-0.25, -0.2) is 13.4 Å². The van der Waals surface area contributed by atoms with Gasteiger partial charge in [0.1, 0.15) is 10.0 Å². The first-order valence-electron chi connectivity index (χ1n) is 5.63. The highest BCUT2D eigenvalue weighted by Gasteiger charge is 2.21. The zero-order chi connectivity index (χ0) is 15.1. The Bertz CT molecular complexity index is 747. The van der Waals surface area contributed by atoms with Crippen LogP contribution < -0.4 is 4.72 Å². The summed E-state index contributed by atoms with van der Waals surface area (Å²) in [6.07, 6.45) is 0. The summed E-state index contributed by atoms with van der Waals surface area (Å²) < 4.78 is 27.3. The third-order valence-electron chi connectivity index (χ3n) is 2.66. The number of nitrogens with zero attached hydrogens (tertiary/aromatic N) is 1. The topological polar surface area (TPSA) is 59.1 Å². The number of anilines is 1. The molecular formula is C12H12Cl2N2O2S2. The second-order valence-corrected chi connectivity index (χ2v) is 8.17. The van der Waals surface area contributed by atoms with Gasteiger partial charge in [-0.2, -0.15) is 0 Å². The molecule has 20 heavy (non-hydrogen) atoms. The number of aromatic nitrogens is 1. The van der Waals surface area contributed by atoms with E-state index in [9.17, 15) is 8.42 Å². The quantitative estimate of drug-likeness (QED) is 0.844. The van der Waals surface area contributed by atoms with Crippen molar-refractivity contribution in [2.45, 2.75) is 25.7 Å². The molecule has 0 spiro atoms. The molecule has 0 aliphatic rings. The molecule has 0 unspecified atom stereocenters. The fourth-order valence-electron chi connectivity index (χ4n) is 1.78. The average molecular weight is 351 g/mol. The van der Waals surface area contributed by atoms with Crippen molar-refractivity contribution < 1.29 is 8.42 Å². The number of hydrogen-bond acceptors (Lipinski definition) is 4. The van der Waals surface area contributed by atoms with Crippen LogP contribution in [0.4, 0.5) is 5.69 Å². The lowest BCUT2D eigenvalue weighted by Crippen LogP contribution is -2.14. The predicted octanol–water partition coefficient (Wildman–Crippen LogP) is 4.18. The van der Waals surface area contributed by atoms with Gasteiger partial charge in [0.25, 0.3) is 10.0 Å². The molecule has 108 valence electrons. The number of nitrogens with one attached hydrogen (secondary N) is 1. The van der Waals surface area contributed by atoms with E-state index in [0.29, 0.717) is 5.56 Å². The highest BCUT2D eigenvalue weighted by atomic mass is 35.5. The van der Waals surface area contributed by atoms with Gasteiger partial charge in [0.2, 0.25) is 0 Å². The number of pyridine rings is 1. The zero-order valence-corrected chi connectivity index (χ0v) is 14.1. The van der Waals surface area contributed by atoms with Crippen LogP contribution in [0, 0.1) is 20.8 Å². The van der Waals surface area contributed by atoms with Crippen LogP contribution in [-0.4, -0.2) is 13.4 Å². The summed E-state index contributed by atoms with van der Waals surface area (Å²) >= 11 is 13.1. The van der Waals surface area contributed by atoms with Crippen LogP contribution in [0.3, 0.4) is 0 Å². The number of halogens is 2. The van der Waals surface area contributed by atoms with Gasteiger partial charge in [-0.15, -0.1) is 11.3 Å². The molecule has 1 N–H and O–H groups in total. The molecular weight excluding hydrogens is 339 g/mol. The molecule has 2 rings (SSSR count). The van der Waals surface area contributed by atoms with Gasteiger partial charge in [0.15, 0.2) is 5.15 Å². The molecule has 0 fully saturated rings. The Balaban J connectivity index is 2.46. The Kier molecular flexibility index (Phi) is 4.30. The van der Waals surface area contributed by atoms with Gasteiger partial charge >= 0.3 is 0 Å². The monoisotopic (exact) mass is 350 g/mol. The molecule has 0 aromatic carbocycles. The molecule has 0 saturated carbocycles. The number of hydrogen-bond donors (Lipinski definition) is 1. The first-order valence-corrected chi connectivity index (χ1v) is 8.69. The van der Waals surface area contributed by atoms with Gasteiger partial charge in [0.05, 0.1) is 5.69 Å². The van der Waals surface area contributed by atoms with E-state index >= 15 is 0 Å². The maximum absolute atomic E-state index is 12.4. The third kappa shape index (κ3) is 3.09. The minimum Gasteiger partial charge on any atom is -0.276 e. The molecule has 0 amide bonds. The lowest BCUT2D eigenvalue weighted by Gasteiger charge is -2.11. The molecule has 2 aromatic rings. The van der Waals surface area contributed by atoms with Crippen molar-refractivity contribution in [3.8, 4) is 0 Å². The fraction of sp³-hybridized carbons (Fsp3) is 0.250. The van der Waals surface area contributed by atoms with Crippen LogP contribution in [0.5, 0.6) is 0 Å². The fourth-order valence-corrected chi connectivity index (χ4v) is 5.11. The van der Waals surface area contributed by atoms with E-state index < -0.39 is 10.0 Å². The molecule has 2 heterocycles. The van der Waals surface area contributed by atoms with Gasteiger partial charge in [-0.05, 0) is 38.5 Å². The maximum atomic E-state index is 12.4. The number of rotatable bonds is 3. The average Bonchev–Trinajstić information content (AvgIpc) is 2.64. The van der Waals surface area contributed by atoms with Crippen molar-refractivity contribution in [2.75, 3.05) is 4.72 Å². The molecule has 0 aliphatic heterocycles. The highest BCUT2D eigenvalue weighted by molar-refractivity contribution is 7.93. The van der Waals surface area contributed by atoms with Crippen molar-refractivity contribution in [1.29, 1.82) is 0 Å². The highest BCUT2D eigenvalue weighted by Crippen LogP contribution is 2.31. The van der Waals surface area contributed by atoms with E-state index in [0.717, 1.165) is 9.75 Å². The van der Waals surface area contributed by atoms with E-state index in [1.165, 1.54) is 11.3 Å². The third-order valence-corrected chi connectivity index (χ3v) is 5.70. The molecule has 0 radical (unpaired) electrons. The van der Waals surface area contributed by atoms with Gasteiger partial charge in [0, 0.05) is 9.75 Å². The van der Waals surface area contributed by atoms with Crippen molar-refractivity contribution in [3.05, 3.63) is 37.8 Å². The summed E-state index contributed by atoms with van der Waals surface area (Å²) in [5.41, 5.74) is 0.863. The van der Waals surface area contributed by atoms with Crippen molar-refractivity contribution in [2.24, 2.45) is 0 Å². The second kappa shape index (κ2) is 5.52. The van der Waals surface area contributed by atoms with E-state index in [1.54, 1.807) is 26.0 Å². The largest absolute Gasteiger partial charge is 0.276 e. The molecule has 0 atom stereocenters. The first kappa shape index (κ1) is 15.6. The Morgan fingerprint density at radius 3 is 2.35 bits per heavy atom. The SMILES string of the molecule is Cc1cc(S(=O)(=O)Nc2c(C)cc(Cl)nc2Cl)c(C)s1. The van der Waals surface area contributed by atoms with E-state index in [-0.39, 0.29) is 20.9 Å². The summed E-state index contributed by atoms with van der Waals surface area (Å²) in [6.45, 7) is 5.34. The Labute approximate surface area is 131 Å². The Morgan fingerprint density at radius 2 is 1.85 bits per heavy atom. The predicted molar refractivity (Wildman–Crippen MR) is 83.6 cm³/mol. The van der Waals surface area contributed by atoms with Crippen LogP contribution in [0.1, 0.15) is 15.3 Å². The smallest absolute Gasteiger partial charge is 0.263 e. The van der Waals surface area contributed by atoms with Crippen molar-refractivity contribution in [1.82, 2.24) is 4.98 Å². The Morgan fingerprint density at radius 1 is 1.20 bits per heavy atom. The summed E-state index contributed by atoms with van der Waals surface area (Å²) in [6, 6.07) is 3.19. The molecule has 2 aromatic heterocycles.